The van der Waals surface area contributed by atoms with E-state index in [0.717, 1.165) is 41.0 Å². The molecule has 2 aromatic rings. The average molecular weight is 398 g/mol. The van der Waals surface area contributed by atoms with Gasteiger partial charge in [-0.25, -0.2) is 4.79 Å². The van der Waals surface area contributed by atoms with Crippen molar-refractivity contribution >= 4 is 40.0 Å². The monoisotopic (exact) mass is 398 g/mol. The van der Waals surface area contributed by atoms with Crippen LogP contribution in [0.15, 0.2) is 24.3 Å². The Morgan fingerprint density at radius 2 is 1.75 bits per heavy atom. The highest BCUT2D eigenvalue weighted by atomic mass is 32.1. The maximum Gasteiger partial charge on any atom is 0.341 e. The van der Waals surface area contributed by atoms with Gasteiger partial charge in [-0.3, -0.25) is 19.3 Å². The van der Waals surface area contributed by atoms with E-state index in [0.29, 0.717) is 21.7 Å². The highest BCUT2D eigenvalue weighted by molar-refractivity contribution is 7.17. The van der Waals surface area contributed by atoms with Crippen LogP contribution in [0.1, 0.15) is 54.4 Å². The molecule has 0 atom stereocenters. The van der Waals surface area contributed by atoms with E-state index >= 15 is 0 Å². The molecule has 28 heavy (non-hydrogen) atoms. The summed E-state index contributed by atoms with van der Waals surface area (Å²) in [6, 6.07) is 6.48. The standard InChI is InChI=1S/C20H18N2O5S/c1-27-20(26)16-13-8-4-5-9-14(13)28-17(16)21-15(23)10-22-18(24)11-6-2-3-7-12(11)19(22)25/h2-3,6-7H,4-5,8-10H2,1H3,(H,21,23). The van der Waals surface area contributed by atoms with Crippen molar-refractivity contribution in [3.63, 3.8) is 0 Å². The Morgan fingerprint density at radius 3 is 2.39 bits per heavy atom. The van der Waals surface area contributed by atoms with Crippen molar-refractivity contribution in [3.8, 4) is 0 Å². The number of carbonyl (C=O) groups is 4. The topological polar surface area (TPSA) is 92.8 Å². The van der Waals surface area contributed by atoms with E-state index in [2.05, 4.69) is 5.32 Å². The molecule has 8 heteroatoms. The summed E-state index contributed by atoms with van der Waals surface area (Å²) in [5, 5.41) is 3.13. The Bertz CT molecular complexity index is 975. The van der Waals surface area contributed by atoms with Crippen molar-refractivity contribution in [1.82, 2.24) is 4.90 Å². The summed E-state index contributed by atoms with van der Waals surface area (Å²) in [6.07, 6.45) is 3.65. The van der Waals surface area contributed by atoms with Crippen LogP contribution in [-0.2, 0) is 22.4 Å². The maximum absolute atomic E-state index is 12.6. The van der Waals surface area contributed by atoms with Gasteiger partial charge in [-0.15, -0.1) is 11.3 Å². The van der Waals surface area contributed by atoms with E-state index < -0.39 is 30.2 Å². The van der Waals surface area contributed by atoms with Gasteiger partial charge >= 0.3 is 5.97 Å². The number of fused-ring (bicyclic) bond motifs is 2. The van der Waals surface area contributed by atoms with Crippen molar-refractivity contribution < 1.29 is 23.9 Å². The third-order valence-electron chi connectivity index (χ3n) is 4.99. The summed E-state index contributed by atoms with van der Waals surface area (Å²) < 4.78 is 4.89. The highest BCUT2D eigenvalue weighted by Crippen LogP contribution is 2.38. The molecule has 0 bridgehead atoms. The minimum Gasteiger partial charge on any atom is -0.465 e. The Kier molecular flexibility index (Phi) is 4.72. The number of hydrogen-bond donors (Lipinski definition) is 1. The molecule has 7 nitrogen and oxygen atoms in total. The second kappa shape index (κ2) is 7.20. The highest BCUT2D eigenvalue weighted by Gasteiger charge is 2.36. The van der Waals surface area contributed by atoms with Crippen LogP contribution in [0.5, 0.6) is 0 Å². The van der Waals surface area contributed by atoms with Crippen molar-refractivity contribution in [3.05, 3.63) is 51.4 Å². The lowest BCUT2D eigenvalue weighted by molar-refractivity contribution is -0.116. The number of thiophene rings is 1. The molecule has 1 aromatic carbocycles. The molecule has 1 N–H and O–H groups in total. The number of nitrogens with one attached hydrogen (secondary N) is 1. The molecule has 0 saturated heterocycles. The van der Waals surface area contributed by atoms with Crippen molar-refractivity contribution in [1.29, 1.82) is 0 Å². The predicted octanol–water partition coefficient (Wildman–Crippen LogP) is 2.65. The van der Waals surface area contributed by atoms with Gasteiger partial charge in [-0.1, -0.05) is 12.1 Å². The quantitative estimate of drug-likeness (QED) is 0.631. The summed E-state index contributed by atoms with van der Waals surface area (Å²) in [5.74, 6) is -2.00. The molecule has 0 radical (unpaired) electrons. The molecular formula is C20H18N2O5S. The lowest BCUT2D eigenvalue weighted by Gasteiger charge is -2.14. The van der Waals surface area contributed by atoms with Crippen LogP contribution in [0, 0.1) is 0 Å². The van der Waals surface area contributed by atoms with Gasteiger partial charge in [0.25, 0.3) is 11.8 Å². The number of carbonyl (C=O) groups excluding carboxylic acids is 4. The van der Waals surface area contributed by atoms with E-state index in [1.54, 1.807) is 24.3 Å². The fourth-order valence-corrected chi connectivity index (χ4v) is 4.96. The number of esters is 1. The number of anilines is 1. The molecule has 2 aliphatic rings. The van der Waals surface area contributed by atoms with Gasteiger partial charge in [0.2, 0.25) is 5.91 Å². The van der Waals surface area contributed by atoms with Gasteiger partial charge in [0.1, 0.15) is 11.5 Å². The second-order valence-corrected chi connectivity index (χ2v) is 7.80. The molecule has 0 spiro atoms. The van der Waals surface area contributed by atoms with Gasteiger partial charge in [0.15, 0.2) is 0 Å². The van der Waals surface area contributed by atoms with Crippen LogP contribution in [0.3, 0.4) is 0 Å². The first-order valence-corrected chi connectivity index (χ1v) is 9.81. The molecule has 1 aliphatic carbocycles. The van der Waals surface area contributed by atoms with Crippen LogP contribution < -0.4 is 5.32 Å². The van der Waals surface area contributed by atoms with Crippen LogP contribution >= 0.6 is 11.3 Å². The number of ether oxygens (including phenoxy) is 1. The van der Waals surface area contributed by atoms with Gasteiger partial charge in [0.05, 0.1) is 23.8 Å². The van der Waals surface area contributed by atoms with Gasteiger partial charge in [0, 0.05) is 4.88 Å². The fourth-order valence-electron chi connectivity index (χ4n) is 3.66. The summed E-state index contributed by atoms with van der Waals surface area (Å²) in [7, 11) is 1.31. The number of nitrogens with zero attached hydrogens (tertiary/aromatic N) is 1. The van der Waals surface area contributed by atoms with Crippen LogP contribution in [0.2, 0.25) is 0 Å². The van der Waals surface area contributed by atoms with Crippen molar-refractivity contribution in [2.24, 2.45) is 0 Å². The fraction of sp³-hybridized carbons (Fsp3) is 0.300. The van der Waals surface area contributed by atoms with E-state index in [1.165, 1.54) is 18.4 Å². The first kappa shape index (κ1) is 18.4. The number of imide groups is 1. The van der Waals surface area contributed by atoms with Gasteiger partial charge in [-0.05, 0) is 43.4 Å². The molecule has 0 saturated carbocycles. The van der Waals surface area contributed by atoms with E-state index in [4.69, 9.17) is 4.74 Å². The Hall–Kier alpha value is -3.00. The Labute approximate surface area is 165 Å². The summed E-state index contributed by atoms with van der Waals surface area (Å²) >= 11 is 1.36. The van der Waals surface area contributed by atoms with E-state index in [-0.39, 0.29) is 0 Å². The molecule has 3 amide bonds. The number of aryl methyl sites for hydroxylation is 1. The minimum atomic E-state index is -0.529. The lowest BCUT2D eigenvalue weighted by atomic mass is 9.95. The normalized spacial score (nSPS) is 15.2. The smallest absolute Gasteiger partial charge is 0.341 e. The summed E-state index contributed by atoms with van der Waals surface area (Å²) in [4.78, 5) is 51.7. The SMILES string of the molecule is COC(=O)c1c(NC(=O)CN2C(=O)c3ccccc3C2=O)sc2c1CCCC2. The molecule has 144 valence electrons. The molecule has 4 rings (SSSR count). The first-order chi connectivity index (χ1) is 13.5. The number of hydrogen-bond acceptors (Lipinski definition) is 6. The zero-order valence-electron chi connectivity index (χ0n) is 15.2. The van der Waals surface area contributed by atoms with Gasteiger partial charge in [-0.2, -0.15) is 0 Å². The zero-order valence-corrected chi connectivity index (χ0v) is 16.1. The average Bonchev–Trinajstić information content (AvgIpc) is 3.18. The molecule has 0 unspecified atom stereocenters. The largest absolute Gasteiger partial charge is 0.465 e. The van der Waals surface area contributed by atoms with Crippen LogP contribution in [-0.4, -0.2) is 42.2 Å². The molecule has 1 aliphatic heterocycles. The number of amides is 3. The molecule has 1 aromatic heterocycles. The third kappa shape index (κ3) is 2.99. The van der Waals surface area contributed by atoms with Crippen LogP contribution in [0.4, 0.5) is 5.00 Å². The Balaban J connectivity index is 1.55. The number of benzene rings is 1. The summed E-state index contributed by atoms with van der Waals surface area (Å²) in [6.45, 7) is -0.407. The predicted molar refractivity (Wildman–Crippen MR) is 103 cm³/mol. The Morgan fingerprint density at radius 1 is 1.11 bits per heavy atom. The second-order valence-electron chi connectivity index (χ2n) is 6.70. The van der Waals surface area contributed by atoms with Crippen LogP contribution in [0.25, 0.3) is 0 Å². The van der Waals surface area contributed by atoms with Crippen molar-refractivity contribution in [2.75, 3.05) is 19.0 Å². The first-order valence-electron chi connectivity index (χ1n) is 8.99. The zero-order chi connectivity index (χ0) is 19.8. The van der Waals surface area contributed by atoms with E-state index in [1.807, 2.05) is 0 Å². The summed E-state index contributed by atoms with van der Waals surface area (Å²) in [5.41, 5.74) is 1.90. The molecular weight excluding hydrogens is 380 g/mol. The lowest BCUT2D eigenvalue weighted by Crippen LogP contribution is -2.37. The van der Waals surface area contributed by atoms with E-state index in [9.17, 15) is 19.2 Å². The molecule has 0 fully saturated rings. The number of rotatable bonds is 4. The van der Waals surface area contributed by atoms with Gasteiger partial charge < -0.3 is 10.1 Å². The number of methoxy groups -OCH3 is 1. The third-order valence-corrected chi connectivity index (χ3v) is 6.20. The minimum absolute atomic E-state index is 0.294. The van der Waals surface area contributed by atoms with Crippen molar-refractivity contribution in [2.45, 2.75) is 25.7 Å². The maximum atomic E-state index is 12.6. The molecule has 2 heterocycles.